The number of amides is 1. The summed E-state index contributed by atoms with van der Waals surface area (Å²) < 4.78 is 5.15. The number of carbonyl (C=O) groups is 2. The molecule has 0 bridgehead atoms. The van der Waals surface area contributed by atoms with E-state index < -0.39 is 11.9 Å². The first kappa shape index (κ1) is 14.9. The van der Waals surface area contributed by atoms with Crippen LogP contribution in [0.3, 0.4) is 0 Å². The number of halogens is 1. The Hall–Kier alpha value is -2.53. The van der Waals surface area contributed by atoms with Crippen LogP contribution in [0.5, 0.6) is 0 Å². The lowest BCUT2D eigenvalue weighted by molar-refractivity contribution is 0.0473. The third kappa shape index (κ3) is 3.73. The number of hydrogen-bond acceptors (Lipinski definition) is 4. The highest BCUT2D eigenvalue weighted by atomic mass is 35.5. The highest BCUT2D eigenvalue weighted by Crippen LogP contribution is 2.20. The third-order valence-electron chi connectivity index (χ3n) is 2.79. The Balaban J connectivity index is 2.09. The normalized spacial score (nSPS) is 10.1. The molecule has 0 aliphatic heterocycles. The van der Waals surface area contributed by atoms with E-state index in [9.17, 15) is 9.59 Å². The van der Waals surface area contributed by atoms with Gasteiger partial charge in [-0.25, -0.2) is 4.79 Å². The minimum absolute atomic E-state index is 0.00504. The molecule has 6 heteroatoms. The van der Waals surface area contributed by atoms with Gasteiger partial charge in [-0.15, -0.1) is 0 Å². The summed E-state index contributed by atoms with van der Waals surface area (Å²) in [5, 5.41) is 0.264. The first-order valence-corrected chi connectivity index (χ1v) is 6.46. The highest BCUT2D eigenvalue weighted by Gasteiger charge is 2.12. The fourth-order valence-corrected chi connectivity index (χ4v) is 1.94. The molecular formula is C15H13ClN2O3. The molecule has 4 N–H and O–H groups in total. The fourth-order valence-electron chi connectivity index (χ4n) is 1.74. The Morgan fingerprint density at radius 1 is 1.14 bits per heavy atom. The number of esters is 1. The predicted octanol–water partition coefficient (Wildman–Crippen LogP) is 2.38. The van der Waals surface area contributed by atoms with Crippen LogP contribution in [0.15, 0.2) is 42.5 Å². The van der Waals surface area contributed by atoms with Gasteiger partial charge in [-0.3, -0.25) is 4.79 Å². The Morgan fingerprint density at radius 3 is 2.62 bits per heavy atom. The average molecular weight is 305 g/mol. The third-order valence-corrected chi connectivity index (χ3v) is 3.12. The zero-order valence-electron chi connectivity index (χ0n) is 11.0. The number of nitrogens with two attached hydrogens (primary N) is 2. The van der Waals surface area contributed by atoms with Gasteiger partial charge in [-0.05, 0) is 35.9 Å². The summed E-state index contributed by atoms with van der Waals surface area (Å²) in [5.41, 5.74) is 12.4. The minimum Gasteiger partial charge on any atom is -0.457 e. The summed E-state index contributed by atoms with van der Waals surface area (Å²) in [6.07, 6.45) is 0. The standard InChI is InChI=1S/C15H13ClN2O3/c16-13-5-4-11(17)7-12(13)15(20)21-8-9-2-1-3-10(6-9)14(18)19/h1-7H,8,17H2,(H2,18,19). The van der Waals surface area contributed by atoms with Crippen molar-refractivity contribution in [2.45, 2.75) is 6.61 Å². The van der Waals surface area contributed by atoms with Crippen LogP contribution in [0.2, 0.25) is 5.02 Å². The van der Waals surface area contributed by atoms with Crippen LogP contribution in [0, 0.1) is 0 Å². The molecule has 2 aromatic carbocycles. The van der Waals surface area contributed by atoms with Crippen molar-refractivity contribution in [2.75, 3.05) is 5.73 Å². The van der Waals surface area contributed by atoms with Gasteiger partial charge >= 0.3 is 5.97 Å². The van der Waals surface area contributed by atoms with Crippen molar-refractivity contribution >= 4 is 29.2 Å². The quantitative estimate of drug-likeness (QED) is 0.669. The van der Waals surface area contributed by atoms with Gasteiger partial charge < -0.3 is 16.2 Å². The molecule has 0 saturated heterocycles. The van der Waals surface area contributed by atoms with E-state index in [0.717, 1.165) is 0 Å². The van der Waals surface area contributed by atoms with Gasteiger partial charge in [0.15, 0.2) is 0 Å². The van der Waals surface area contributed by atoms with Crippen molar-refractivity contribution in [1.29, 1.82) is 0 Å². The molecule has 0 atom stereocenters. The van der Waals surface area contributed by atoms with Crippen LogP contribution >= 0.6 is 11.6 Å². The van der Waals surface area contributed by atoms with Crippen molar-refractivity contribution in [3.8, 4) is 0 Å². The second-order valence-corrected chi connectivity index (χ2v) is 4.79. The summed E-state index contributed by atoms with van der Waals surface area (Å²) in [4.78, 5) is 23.0. The molecule has 0 aromatic heterocycles. The topological polar surface area (TPSA) is 95.4 Å². The molecule has 2 aromatic rings. The number of carbonyl (C=O) groups excluding carboxylic acids is 2. The molecule has 1 amide bonds. The van der Waals surface area contributed by atoms with Crippen molar-refractivity contribution in [3.05, 3.63) is 64.2 Å². The average Bonchev–Trinajstić information content (AvgIpc) is 2.47. The lowest BCUT2D eigenvalue weighted by Crippen LogP contribution is -2.11. The van der Waals surface area contributed by atoms with E-state index in [0.29, 0.717) is 16.8 Å². The van der Waals surface area contributed by atoms with E-state index in [1.807, 2.05) is 0 Å². The van der Waals surface area contributed by atoms with E-state index in [-0.39, 0.29) is 17.2 Å². The van der Waals surface area contributed by atoms with Gasteiger partial charge in [0.1, 0.15) is 6.61 Å². The number of nitrogen functional groups attached to an aromatic ring is 1. The van der Waals surface area contributed by atoms with Crippen LogP contribution in [0.1, 0.15) is 26.3 Å². The maximum atomic E-state index is 12.0. The van der Waals surface area contributed by atoms with Crippen LogP contribution in [0.4, 0.5) is 5.69 Å². The Morgan fingerprint density at radius 2 is 1.90 bits per heavy atom. The zero-order valence-corrected chi connectivity index (χ0v) is 11.8. The van der Waals surface area contributed by atoms with Gasteiger partial charge in [-0.2, -0.15) is 0 Å². The molecule has 0 saturated carbocycles. The van der Waals surface area contributed by atoms with Crippen LogP contribution in [0.25, 0.3) is 0 Å². The molecule has 0 heterocycles. The lowest BCUT2D eigenvalue weighted by Gasteiger charge is -2.07. The van der Waals surface area contributed by atoms with Crippen LogP contribution < -0.4 is 11.5 Å². The van der Waals surface area contributed by atoms with E-state index in [1.165, 1.54) is 12.1 Å². The van der Waals surface area contributed by atoms with E-state index in [4.69, 9.17) is 27.8 Å². The maximum Gasteiger partial charge on any atom is 0.340 e. The van der Waals surface area contributed by atoms with Gasteiger partial charge in [0.25, 0.3) is 0 Å². The molecule has 0 radical (unpaired) electrons. The Kier molecular flexibility index (Phi) is 4.45. The monoisotopic (exact) mass is 304 g/mol. The van der Waals surface area contributed by atoms with Gasteiger partial charge in [0.2, 0.25) is 5.91 Å². The zero-order chi connectivity index (χ0) is 15.4. The predicted molar refractivity (Wildman–Crippen MR) is 79.9 cm³/mol. The van der Waals surface area contributed by atoms with Crippen molar-refractivity contribution < 1.29 is 14.3 Å². The first-order chi connectivity index (χ1) is 9.97. The van der Waals surface area contributed by atoms with Gasteiger partial charge in [0.05, 0.1) is 10.6 Å². The smallest absolute Gasteiger partial charge is 0.340 e. The minimum atomic E-state index is -0.586. The molecule has 0 unspecified atom stereocenters. The van der Waals surface area contributed by atoms with E-state index >= 15 is 0 Å². The number of hydrogen-bond donors (Lipinski definition) is 2. The first-order valence-electron chi connectivity index (χ1n) is 6.08. The molecule has 0 spiro atoms. The van der Waals surface area contributed by atoms with Crippen LogP contribution in [-0.2, 0) is 11.3 Å². The van der Waals surface area contributed by atoms with Crippen molar-refractivity contribution in [3.63, 3.8) is 0 Å². The number of rotatable bonds is 4. The highest BCUT2D eigenvalue weighted by molar-refractivity contribution is 6.33. The molecular weight excluding hydrogens is 292 g/mol. The molecule has 5 nitrogen and oxygen atoms in total. The second kappa shape index (κ2) is 6.28. The number of anilines is 1. The maximum absolute atomic E-state index is 12.0. The summed E-state index contributed by atoms with van der Waals surface area (Å²) >= 11 is 5.92. The molecule has 108 valence electrons. The number of primary amides is 1. The number of ether oxygens (including phenoxy) is 1. The number of benzene rings is 2. The van der Waals surface area contributed by atoms with E-state index in [1.54, 1.807) is 30.3 Å². The SMILES string of the molecule is NC(=O)c1cccc(COC(=O)c2cc(N)ccc2Cl)c1. The van der Waals surface area contributed by atoms with Crippen molar-refractivity contribution in [1.82, 2.24) is 0 Å². The molecule has 2 rings (SSSR count). The Bertz CT molecular complexity index is 701. The lowest BCUT2D eigenvalue weighted by atomic mass is 10.1. The molecule has 0 aliphatic carbocycles. The Labute approximate surface area is 126 Å². The summed E-state index contributed by atoms with van der Waals surface area (Å²) in [6, 6.07) is 11.1. The molecule has 0 aliphatic rings. The van der Waals surface area contributed by atoms with Gasteiger partial charge in [0, 0.05) is 11.3 Å². The van der Waals surface area contributed by atoms with Gasteiger partial charge in [-0.1, -0.05) is 23.7 Å². The summed E-state index contributed by atoms with van der Waals surface area (Å²) in [5.74, 6) is -1.13. The largest absolute Gasteiger partial charge is 0.457 e. The summed E-state index contributed by atoms with van der Waals surface area (Å²) in [6.45, 7) is 0.00504. The molecule has 0 fully saturated rings. The fraction of sp³-hybridized carbons (Fsp3) is 0.0667. The summed E-state index contributed by atoms with van der Waals surface area (Å²) in [7, 11) is 0. The molecule has 21 heavy (non-hydrogen) atoms. The van der Waals surface area contributed by atoms with Crippen LogP contribution in [-0.4, -0.2) is 11.9 Å². The van der Waals surface area contributed by atoms with E-state index in [2.05, 4.69) is 0 Å². The van der Waals surface area contributed by atoms with Crippen molar-refractivity contribution in [2.24, 2.45) is 5.73 Å². The second-order valence-electron chi connectivity index (χ2n) is 4.38.